The highest BCUT2D eigenvalue weighted by Gasteiger charge is 2.49. The first kappa shape index (κ1) is 103. The molecule has 6 unspecified atom stereocenters. The standard InChI is InChI=1S/C35H50N13O18P3S.C32H44N13O18P3S/c36-24-5-6-46(35(51)43-24)25-9-18(49)21(62-25)12-60-68(54,55)65-20-11-27(48-17-42-29-32(48)44-34(38)45-33(29)50)64-23(20)14-61-69(56,57)66-19-10-26(47-16-41-28-30(37)39-15-40-31(28)47)63-22(19)13-59-67(52,53)58-7-3-1-2-4-8-70;33-21-2-3-43(32(48)40-21)22-7-16(62-64(49,50)55-4-1-5-67)19(59-22)10-57-66(53,54)63-17-8-24(45-14-39-26-29(45)41-31(35)42-30(26)47)60-20(17)11-56-65(51,52)61-15-6-23(58-18(15)9-46)44-13-38-25-27(34)36-12-37-28(25)44/h5-6,15-23,25-27,49,70H,1-4,7-14H2,(H,52,53)(H,54,55)(H,56,57)(H2,36,43,51)(H2,37,39,40)(H3,38,44,45,50);2-3,12-20,22-24,46,67H,1,4-11H2,(H,49,50)(H,51,52)(H,53,54)(H2,33,40,48)(H2,34,36,37)(H3,35,41,42,47)/p-5/t18-,19-,20-,21-,22-,23-,25-,26-,27-;15-,16-,17-,18-,19-,20-,22-,23-,24-/m11/s1. The molecule has 0 spiro atoms. The summed E-state index contributed by atoms with van der Waals surface area (Å²) in [5.41, 5.74) is 31.9. The number of nitrogens with two attached hydrogens (primary N) is 6. The van der Waals surface area contributed by atoms with Crippen molar-refractivity contribution in [3.63, 3.8) is 0 Å². The molecule has 62 nitrogen and oxygen atoms in total. The first-order valence-corrected chi connectivity index (χ1v) is 51.4. The monoisotopic (exact) mass is 2080 g/mol. The van der Waals surface area contributed by atoms with Gasteiger partial charge in [0.15, 0.2) is 45.3 Å². The lowest BCUT2D eigenvalue weighted by atomic mass is 10.2. The Hall–Kier alpha value is -8.60. The Morgan fingerprint density at radius 1 is 0.394 bits per heavy atom. The minimum atomic E-state index is -5.53. The van der Waals surface area contributed by atoms with Gasteiger partial charge < -0.3 is 148 Å². The van der Waals surface area contributed by atoms with Gasteiger partial charge in [0.2, 0.25) is 11.9 Å². The maximum Gasteiger partial charge on any atom is 0.472 e. The molecule has 0 radical (unpaired) electrons. The van der Waals surface area contributed by atoms with Gasteiger partial charge in [-0.1, -0.05) is 12.8 Å². The number of thiol groups is 2. The molecule has 6 fully saturated rings. The number of anilines is 6. The summed E-state index contributed by atoms with van der Waals surface area (Å²) in [5, 5.41) is 20.7. The Bertz CT molecular complexity index is 6530. The number of phosphoric acid groups is 6. The van der Waals surface area contributed by atoms with E-state index in [-0.39, 0.29) is 132 Å². The number of nitrogens with zero attached hydrogens (tertiary/aromatic N) is 18. The second kappa shape index (κ2) is 43.5. The number of phosphoric ester groups is 6. The van der Waals surface area contributed by atoms with Gasteiger partial charge in [-0.15, -0.1) is 0 Å². The van der Waals surface area contributed by atoms with Gasteiger partial charge in [0.25, 0.3) is 50.2 Å². The van der Waals surface area contributed by atoms with Gasteiger partial charge in [-0.05, 0) is 42.9 Å². The molecule has 10 aromatic rings. The fraction of sp³-hybridized carbons (Fsp3) is 0.582. The van der Waals surface area contributed by atoms with E-state index < -0.39 is 226 Å². The van der Waals surface area contributed by atoms with Crippen LogP contribution in [-0.2, 0) is 110 Å². The van der Waals surface area contributed by atoms with Gasteiger partial charge >= 0.3 is 19.2 Å². The number of ether oxygens (including phenoxy) is 6. The largest absolute Gasteiger partial charge is 0.756 e. The van der Waals surface area contributed by atoms with Gasteiger partial charge in [-0.25, -0.2) is 54.0 Å². The number of unbranched alkanes of at least 4 members (excludes halogenated alkanes) is 3. The SMILES string of the molecule is Nc1ccn([C@H]2C[C@@H](O)[C@@H](COP(=O)([O-])O[C@@H]3C[C@H](n4cnc5c(=O)[nH]c(N)nc54)O[C@@H]3COP(=O)([O-])O[C@@H]3C[C@H](n4cnc5c(N)ncnc54)O[C@@H]3COP(=O)(O)OCCCCCCS)O2)c(=O)n1.Nc1ccn([C@H]2C[C@@H](OP(=O)([O-])OCCCS)[C@@H](COP(=O)([O-])O[C@@H]3C[C@H](n4cnc5c(=O)[nH]c(N)nc54)O[C@@H]3COP(=O)([O-])O[C@@H]3C[C@H](n4cnc5c(N)ncnc54)O[C@@H]3CO)O2)c(=O)n1. The summed E-state index contributed by atoms with van der Waals surface area (Å²) in [4.78, 5) is 180. The predicted octanol–water partition coefficient (Wildman–Crippen LogP) is -2.70. The Kier molecular flexibility index (Phi) is 32.6. The van der Waals surface area contributed by atoms with E-state index in [1.807, 2.05) is 0 Å². The summed E-state index contributed by atoms with van der Waals surface area (Å²) < 4.78 is 185. The van der Waals surface area contributed by atoms with Crippen LogP contribution in [0, 0.1) is 0 Å². The zero-order valence-corrected chi connectivity index (χ0v) is 78.1. The predicted molar refractivity (Wildman–Crippen MR) is 459 cm³/mol. The van der Waals surface area contributed by atoms with Gasteiger partial charge in [0, 0.05) is 50.9 Å². The van der Waals surface area contributed by atoms with Gasteiger partial charge in [-0.2, -0.15) is 45.2 Å². The van der Waals surface area contributed by atoms with E-state index in [1.165, 1.54) is 68.1 Å². The first-order valence-electron chi connectivity index (χ1n) is 41.4. The number of nitrogens with one attached hydrogen (secondary N) is 2. The minimum Gasteiger partial charge on any atom is -0.756 e. The summed E-state index contributed by atoms with van der Waals surface area (Å²) in [7, 11) is -31.5. The van der Waals surface area contributed by atoms with Crippen LogP contribution in [0.2, 0.25) is 0 Å². The number of H-pyrrole nitrogens is 2. The van der Waals surface area contributed by atoms with Crippen molar-refractivity contribution in [1.29, 1.82) is 0 Å². The van der Waals surface area contributed by atoms with Crippen LogP contribution >= 0.6 is 72.2 Å². The Balaban J connectivity index is 0.000000208. The third kappa shape index (κ3) is 25.3. The maximum absolute atomic E-state index is 13.7. The summed E-state index contributed by atoms with van der Waals surface area (Å²) in [5.74, 6) is 0.383. The van der Waals surface area contributed by atoms with E-state index in [0.29, 0.717) is 24.3 Å². The van der Waals surface area contributed by atoms with Crippen molar-refractivity contribution < 1.29 is 150 Å². The maximum atomic E-state index is 13.7. The van der Waals surface area contributed by atoms with Crippen LogP contribution in [0.1, 0.15) is 108 Å². The first-order chi connectivity index (χ1) is 65.1. The number of rotatable bonds is 43. The number of aliphatic hydroxyl groups is 2. The summed E-state index contributed by atoms with van der Waals surface area (Å²) in [6.45, 7) is -5.38. The van der Waals surface area contributed by atoms with Crippen molar-refractivity contribution in [1.82, 2.24) is 97.2 Å². The molecule has 16 rings (SSSR count). The second-order valence-corrected chi connectivity index (χ2v) is 40.2. The molecule has 24 atom stereocenters. The summed E-state index contributed by atoms with van der Waals surface area (Å²) in [6, 6.07) is 2.60. The number of hydrogen-bond donors (Lipinski definition) is 13. The van der Waals surface area contributed by atoms with Crippen molar-refractivity contribution in [2.45, 2.75) is 181 Å². The highest BCUT2D eigenvalue weighted by Crippen LogP contribution is 2.54. The number of nitrogen functional groups attached to an aromatic ring is 6. The molecule has 70 heteroatoms. The Morgan fingerprint density at radius 2 is 0.723 bits per heavy atom. The zero-order valence-electron chi connectivity index (χ0n) is 70.9. The molecule has 0 saturated carbocycles. The van der Waals surface area contributed by atoms with Gasteiger partial charge in [0.05, 0.1) is 115 Å². The molecule has 6 saturated heterocycles. The third-order valence-electron chi connectivity index (χ3n) is 21.7. The number of imidazole rings is 4. The third-order valence-corrected chi connectivity index (χ3v) is 28.3. The Morgan fingerprint density at radius 3 is 1.12 bits per heavy atom. The summed E-state index contributed by atoms with van der Waals surface area (Å²) >= 11 is 8.18. The summed E-state index contributed by atoms with van der Waals surface area (Å²) in [6.07, 6.45) is -12.5. The van der Waals surface area contributed by atoms with Crippen LogP contribution in [0.3, 0.4) is 0 Å². The van der Waals surface area contributed by atoms with Crippen molar-refractivity contribution >= 4 is 152 Å². The molecule has 0 aromatic carbocycles. The fourth-order valence-electron chi connectivity index (χ4n) is 15.3. The molecule has 0 amide bonds. The van der Waals surface area contributed by atoms with E-state index in [1.54, 1.807) is 0 Å². The topological polar surface area (TPSA) is 885 Å². The lowest BCUT2D eigenvalue weighted by Gasteiger charge is -2.32. The molecule has 10 aromatic heterocycles. The van der Waals surface area contributed by atoms with E-state index in [4.69, 9.17) is 117 Å². The zero-order chi connectivity index (χ0) is 97.8. The van der Waals surface area contributed by atoms with Crippen LogP contribution in [0.5, 0.6) is 0 Å². The lowest BCUT2D eigenvalue weighted by Crippen LogP contribution is -2.34. The number of aliphatic hydroxyl groups excluding tert-OH is 2. The van der Waals surface area contributed by atoms with E-state index >= 15 is 0 Å². The molecule has 16 heterocycles. The number of aromatic nitrogens is 20. The molecule has 6 aliphatic heterocycles. The highest BCUT2D eigenvalue weighted by molar-refractivity contribution is 7.80. The number of fused-ring (bicyclic) bond motifs is 4. The molecule has 137 heavy (non-hydrogen) atoms. The van der Waals surface area contributed by atoms with Crippen LogP contribution < -0.4 is 81.4 Å². The molecule has 17 N–H and O–H groups in total. The Labute approximate surface area is 779 Å². The normalized spacial score (nSPS) is 27.9. The van der Waals surface area contributed by atoms with Gasteiger partial charge in [-0.3, -0.25) is 78.8 Å². The average Bonchev–Trinajstić information content (AvgIpc) is 1.64. The van der Waals surface area contributed by atoms with Crippen molar-refractivity contribution in [2.24, 2.45) is 0 Å². The van der Waals surface area contributed by atoms with Crippen LogP contribution in [0.25, 0.3) is 44.7 Å². The smallest absolute Gasteiger partial charge is 0.472 e. The minimum absolute atomic E-state index is 0.0481. The van der Waals surface area contributed by atoms with Crippen molar-refractivity contribution in [3.05, 3.63) is 104 Å². The van der Waals surface area contributed by atoms with Crippen molar-refractivity contribution in [3.8, 4) is 0 Å². The van der Waals surface area contributed by atoms with E-state index in [0.717, 1.165) is 34.6 Å². The average molecular weight is 2080 g/mol. The second-order valence-electron chi connectivity index (χ2n) is 31.0. The highest BCUT2D eigenvalue weighted by atomic mass is 32.1. The van der Waals surface area contributed by atoms with E-state index in [2.05, 4.69) is 95.0 Å². The van der Waals surface area contributed by atoms with Gasteiger partial charge in [0.1, 0.15) is 109 Å². The van der Waals surface area contributed by atoms with Crippen LogP contribution in [0.4, 0.5) is 35.2 Å². The molecule has 0 aliphatic carbocycles. The molecule has 750 valence electrons. The molecular formula is C67H89N26O36P6S2-5. The lowest BCUT2D eigenvalue weighted by molar-refractivity contribution is -0.241. The number of hydrogen-bond acceptors (Lipinski definition) is 55. The molecule has 6 aliphatic rings. The van der Waals surface area contributed by atoms with E-state index in [9.17, 15) is 86.1 Å². The van der Waals surface area contributed by atoms with Crippen molar-refractivity contribution in [2.75, 3.05) is 98.8 Å². The molecular weight excluding hydrogens is 1990 g/mol. The fourth-order valence-corrected chi connectivity index (χ4v) is 21.2. The van der Waals surface area contributed by atoms with Crippen LogP contribution in [0.15, 0.2) is 81.7 Å². The number of aromatic amines is 2. The molecule has 0 bridgehead atoms. The van der Waals surface area contributed by atoms with Crippen LogP contribution in [-0.4, -0.2) is 250 Å². The quantitative estimate of drug-likeness (QED) is 0.0105.